The first-order valence-corrected chi connectivity index (χ1v) is 12.1. The minimum Gasteiger partial charge on any atom is -0.392 e. The largest absolute Gasteiger partial charge is 0.392 e. The van der Waals surface area contributed by atoms with Crippen LogP contribution >= 0.6 is 0 Å². The Kier molecular flexibility index (Phi) is 5.60. The number of aryl methyl sites for hydroxylation is 1. The van der Waals surface area contributed by atoms with E-state index in [2.05, 4.69) is 68.5 Å². The van der Waals surface area contributed by atoms with Gasteiger partial charge in [-0.25, -0.2) is 0 Å². The Balaban J connectivity index is 1.57. The molecule has 0 heterocycles. The van der Waals surface area contributed by atoms with E-state index in [1.54, 1.807) is 0 Å². The fraction of sp³-hybridized carbons (Fsp3) is 0.483. The minimum absolute atomic E-state index is 0.0900. The van der Waals surface area contributed by atoms with Crippen molar-refractivity contribution in [2.75, 3.05) is 0 Å². The summed E-state index contributed by atoms with van der Waals surface area (Å²) in [7, 11) is 0. The van der Waals surface area contributed by atoms with E-state index >= 15 is 0 Å². The van der Waals surface area contributed by atoms with Crippen LogP contribution in [0.1, 0.15) is 73.6 Å². The topological polar surface area (TPSA) is 37.3 Å². The molecule has 3 saturated carbocycles. The van der Waals surface area contributed by atoms with Crippen LogP contribution in [-0.4, -0.2) is 10.9 Å². The molecule has 5 rings (SSSR count). The normalized spacial score (nSPS) is 33.5. The molecule has 0 radical (unpaired) electrons. The van der Waals surface area contributed by atoms with Crippen molar-refractivity contribution < 1.29 is 9.90 Å². The number of carbonyl (C=O) groups excluding carboxylic acids is 1. The molecule has 3 fully saturated rings. The lowest BCUT2D eigenvalue weighted by molar-refractivity contribution is -0.120. The maximum absolute atomic E-state index is 13.3. The minimum atomic E-state index is 0.0900. The molecule has 3 aliphatic carbocycles. The van der Waals surface area contributed by atoms with Crippen molar-refractivity contribution in [1.29, 1.82) is 0 Å². The van der Waals surface area contributed by atoms with Gasteiger partial charge in [0, 0.05) is 5.92 Å². The first-order valence-electron chi connectivity index (χ1n) is 12.1. The average Bonchev–Trinajstić information content (AvgIpc) is 3.11. The molecule has 6 unspecified atom stereocenters. The first kappa shape index (κ1) is 20.7. The molecule has 0 spiro atoms. The number of Topliss-reactive ketones (excluding diaryl/α,β-unsaturated/α-hetero) is 1. The maximum Gasteiger partial charge on any atom is 0.162 e. The zero-order valence-corrected chi connectivity index (χ0v) is 18.8. The van der Waals surface area contributed by atoms with Gasteiger partial charge in [-0.3, -0.25) is 4.79 Å². The third-order valence-corrected chi connectivity index (χ3v) is 8.62. The second-order valence-corrected chi connectivity index (χ2v) is 9.84. The fourth-order valence-corrected chi connectivity index (χ4v) is 7.19. The van der Waals surface area contributed by atoms with Crippen molar-refractivity contribution in [2.45, 2.75) is 64.4 Å². The van der Waals surface area contributed by atoms with Gasteiger partial charge in [-0.15, -0.1) is 0 Å². The second kappa shape index (κ2) is 8.39. The molecule has 2 aromatic rings. The SMILES string of the molecule is CC=C1C(=O)C2CCC(c3ccc(CO)cc3)C3C(c4ccc(CC)cc4)CCC1C23. The van der Waals surface area contributed by atoms with E-state index in [4.69, 9.17) is 0 Å². The number of allylic oxidation sites excluding steroid dienone is 2. The van der Waals surface area contributed by atoms with E-state index in [0.29, 0.717) is 35.4 Å². The van der Waals surface area contributed by atoms with Gasteiger partial charge >= 0.3 is 0 Å². The van der Waals surface area contributed by atoms with Gasteiger partial charge in [-0.05, 0) is 96.4 Å². The Hall–Kier alpha value is -2.19. The molecular weight excluding hydrogens is 380 g/mol. The molecular formula is C29H34O2. The van der Waals surface area contributed by atoms with E-state index in [-0.39, 0.29) is 12.5 Å². The number of benzene rings is 2. The molecule has 2 nitrogen and oxygen atoms in total. The van der Waals surface area contributed by atoms with Crippen LogP contribution < -0.4 is 0 Å². The van der Waals surface area contributed by atoms with Crippen LogP contribution in [0, 0.1) is 23.7 Å². The quantitative estimate of drug-likeness (QED) is 0.606. The molecule has 2 aromatic carbocycles. The molecule has 0 aromatic heterocycles. The highest BCUT2D eigenvalue weighted by atomic mass is 16.3. The van der Waals surface area contributed by atoms with Crippen LogP contribution in [0.5, 0.6) is 0 Å². The highest BCUT2D eigenvalue weighted by Crippen LogP contribution is 2.62. The van der Waals surface area contributed by atoms with Crippen LogP contribution in [0.2, 0.25) is 0 Å². The van der Waals surface area contributed by atoms with Gasteiger partial charge in [0.25, 0.3) is 0 Å². The summed E-state index contributed by atoms with van der Waals surface area (Å²) in [5.41, 5.74) is 6.33. The highest BCUT2D eigenvalue weighted by Gasteiger charge is 2.57. The van der Waals surface area contributed by atoms with Crippen LogP contribution in [0.25, 0.3) is 0 Å². The summed E-state index contributed by atoms with van der Waals surface area (Å²) in [6.07, 6.45) is 7.59. The van der Waals surface area contributed by atoms with Crippen molar-refractivity contribution in [2.24, 2.45) is 23.7 Å². The number of carbonyl (C=O) groups is 1. The lowest BCUT2D eigenvalue weighted by atomic mass is 9.54. The van der Waals surface area contributed by atoms with Gasteiger partial charge in [0.05, 0.1) is 6.61 Å². The van der Waals surface area contributed by atoms with Crippen molar-refractivity contribution >= 4 is 5.78 Å². The van der Waals surface area contributed by atoms with Crippen LogP contribution in [-0.2, 0) is 17.8 Å². The van der Waals surface area contributed by atoms with Crippen LogP contribution in [0.4, 0.5) is 0 Å². The van der Waals surface area contributed by atoms with Crippen LogP contribution in [0.15, 0.2) is 60.2 Å². The van der Waals surface area contributed by atoms with Gasteiger partial charge in [-0.2, -0.15) is 0 Å². The van der Waals surface area contributed by atoms with Gasteiger partial charge in [0.1, 0.15) is 0 Å². The molecule has 6 atom stereocenters. The summed E-state index contributed by atoms with van der Waals surface area (Å²) in [5, 5.41) is 9.48. The predicted octanol–water partition coefficient (Wildman–Crippen LogP) is 6.19. The standard InChI is InChI=1S/C29H34O2/c1-3-18-5-9-20(10-6-18)23-13-15-25-22(4-2)29(31)26-16-14-24(27(23)28(25)26)21-11-7-19(17-30)8-12-21/h4-12,23-28,30H,3,13-17H2,1-2H3. The van der Waals surface area contributed by atoms with E-state index < -0.39 is 0 Å². The molecule has 31 heavy (non-hydrogen) atoms. The van der Waals surface area contributed by atoms with Gasteiger partial charge in [-0.1, -0.05) is 61.5 Å². The monoisotopic (exact) mass is 414 g/mol. The number of ketones is 1. The summed E-state index contributed by atoms with van der Waals surface area (Å²) in [5.74, 6) is 3.08. The molecule has 3 aliphatic rings. The van der Waals surface area contributed by atoms with Crippen molar-refractivity contribution in [3.8, 4) is 0 Å². The van der Waals surface area contributed by atoms with Crippen molar-refractivity contribution in [1.82, 2.24) is 0 Å². The Morgan fingerprint density at radius 1 is 0.774 bits per heavy atom. The Morgan fingerprint density at radius 3 is 1.77 bits per heavy atom. The predicted molar refractivity (Wildman–Crippen MR) is 125 cm³/mol. The molecule has 1 N–H and O–H groups in total. The third kappa shape index (κ3) is 3.40. The summed E-state index contributed by atoms with van der Waals surface area (Å²) in [4.78, 5) is 13.3. The van der Waals surface area contributed by atoms with Gasteiger partial charge in [0.2, 0.25) is 0 Å². The Morgan fingerprint density at radius 2 is 1.26 bits per heavy atom. The van der Waals surface area contributed by atoms with Crippen molar-refractivity contribution in [3.05, 3.63) is 82.4 Å². The number of hydrogen-bond acceptors (Lipinski definition) is 2. The van der Waals surface area contributed by atoms with E-state index in [1.165, 1.54) is 23.1 Å². The fourth-order valence-electron chi connectivity index (χ4n) is 7.19. The zero-order chi connectivity index (χ0) is 21.5. The van der Waals surface area contributed by atoms with E-state index in [1.807, 2.05) is 0 Å². The molecule has 0 saturated heterocycles. The smallest absolute Gasteiger partial charge is 0.162 e. The Bertz CT molecular complexity index is 919. The second-order valence-electron chi connectivity index (χ2n) is 9.84. The summed E-state index contributed by atoms with van der Waals surface area (Å²) in [6, 6.07) is 17.9. The first-order chi connectivity index (χ1) is 15.2. The van der Waals surface area contributed by atoms with Crippen molar-refractivity contribution in [3.63, 3.8) is 0 Å². The lowest BCUT2D eigenvalue weighted by Gasteiger charge is -2.49. The Labute approximate surface area is 186 Å². The average molecular weight is 415 g/mol. The maximum atomic E-state index is 13.3. The number of hydrogen-bond donors (Lipinski definition) is 1. The van der Waals surface area contributed by atoms with Gasteiger partial charge < -0.3 is 5.11 Å². The number of aliphatic hydroxyl groups is 1. The number of aliphatic hydroxyl groups excluding tert-OH is 1. The summed E-state index contributed by atoms with van der Waals surface area (Å²) >= 11 is 0. The molecule has 0 bridgehead atoms. The van der Waals surface area contributed by atoms with Gasteiger partial charge in [0.15, 0.2) is 5.78 Å². The van der Waals surface area contributed by atoms with Crippen LogP contribution in [0.3, 0.4) is 0 Å². The molecule has 0 amide bonds. The third-order valence-electron chi connectivity index (χ3n) is 8.62. The number of rotatable bonds is 4. The molecule has 2 heteroatoms. The molecule has 162 valence electrons. The highest BCUT2D eigenvalue weighted by molar-refractivity contribution is 6.00. The summed E-state index contributed by atoms with van der Waals surface area (Å²) in [6.45, 7) is 4.35. The lowest BCUT2D eigenvalue weighted by Crippen LogP contribution is -2.41. The molecule has 0 aliphatic heterocycles. The summed E-state index contributed by atoms with van der Waals surface area (Å²) < 4.78 is 0. The van der Waals surface area contributed by atoms with E-state index in [9.17, 15) is 9.90 Å². The zero-order valence-electron chi connectivity index (χ0n) is 18.8. The van der Waals surface area contributed by atoms with E-state index in [0.717, 1.165) is 36.8 Å².